The summed E-state index contributed by atoms with van der Waals surface area (Å²) < 4.78 is 31.9. The van der Waals surface area contributed by atoms with E-state index in [2.05, 4.69) is 26.4 Å². The van der Waals surface area contributed by atoms with E-state index in [1.807, 2.05) is 26.8 Å². The lowest BCUT2D eigenvalue weighted by molar-refractivity contribution is -0.119. The highest BCUT2D eigenvalue weighted by molar-refractivity contribution is 7.90. The zero-order valence-electron chi connectivity index (χ0n) is 26.1. The molecule has 3 amide bonds. The fourth-order valence-corrected chi connectivity index (χ4v) is 6.71. The second-order valence-corrected chi connectivity index (χ2v) is 15.3. The minimum atomic E-state index is -1.54. The van der Waals surface area contributed by atoms with Gasteiger partial charge in [-0.2, -0.15) is 5.26 Å². The molecule has 1 aliphatic carbocycles. The number of pyridine rings is 1. The van der Waals surface area contributed by atoms with Crippen molar-refractivity contribution in [1.82, 2.24) is 14.6 Å². The molecule has 3 atom stereocenters. The third-order valence-corrected chi connectivity index (χ3v) is 10.3. The summed E-state index contributed by atoms with van der Waals surface area (Å²) in [5.41, 5.74) is 0.673. The van der Waals surface area contributed by atoms with Gasteiger partial charge in [0.25, 0.3) is 0 Å². The number of nitriles is 1. The number of hydrogen-bond donors (Lipinski definition) is 3. The van der Waals surface area contributed by atoms with Crippen LogP contribution in [0.2, 0.25) is 5.02 Å². The molecule has 1 aromatic heterocycles. The lowest BCUT2D eigenvalue weighted by Gasteiger charge is -2.39. The number of benzene rings is 2. The number of hydrogen-bond acceptors (Lipinski definition) is 6. The maximum absolute atomic E-state index is 15.4. The molecule has 0 radical (unpaired) electrons. The molecule has 1 saturated carbocycles. The third kappa shape index (κ3) is 7.81. The van der Waals surface area contributed by atoms with Gasteiger partial charge >= 0.3 is 6.03 Å². The van der Waals surface area contributed by atoms with E-state index in [1.165, 1.54) is 17.2 Å². The fourth-order valence-electron chi connectivity index (χ4n) is 5.63. The molecule has 1 saturated heterocycles. The third-order valence-electron chi connectivity index (χ3n) is 8.43. The first-order valence-corrected chi connectivity index (χ1v) is 16.9. The number of rotatable bonds is 10. The van der Waals surface area contributed by atoms with Gasteiger partial charge in [-0.25, -0.2) is 14.2 Å². The number of carbonyl (C=O) groups excluding carboxylic acids is 2. The topological polar surface area (TPSA) is 133 Å². The van der Waals surface area contributed by atoms with Gasteiger partial charge in [-0.05, 0) is 99.9 Å². The Morgan fingerprint density at radius 3 is 2.54 bits per heavy atom. The number of urea groups is 1. The van der Waals surface area contributed by atoms with E-state index in [-0.39, 0.29) is 5.69 Å². The van der Waals surface area contributed by atoms with Gasteiger partial charge in [0.05, 0.1) is 22.3 Å². The molecule has 5 rings (SSSR count). The van der Waals surface area contributed by atoms with Crippen LogP contribution < -0.4 is 15.4 Å². The van der Waals surface area contributed by atoms with Crippen molar-refractivity contribution in [2.45, 2.75) is 75.6 Å². The summed E-state index contributed by atoms with van der Waals surface area (Å²) in [6.45, 7) is 5.96. The largest absolute Gasteiger partial charge is 0.598 e. The molecule has 2 aliphatic rings. The van der Waals surface area contributed by atoms with Crippen LogP contribution in [0.15, 0.2) is 60.8 Å². The zero-order chi connectivity index (χ0) is 33.1. The van der Waals surface area contributed by atoms with Gasteiger partial charge in [-0.3, -0.25) is 10.1 Å². The standard InChI is InChI=1S/C34H38ClFN6O3S/c1-33(2,3)46(45)41-34(16-15-22-9-10-22,24-7-4-6-23(18-24)20-37)25-11-13-27(36)28(19-25)39-31(43)29-8-5-17-42(29)32(44)40-30-14-12-26(35)21-38-30/h4,6-7,11-14,18-19,21-22,29,41H,5,8-10,15-17H2,1-3H3,(H,39,43)(H,38,40,44)/t29-,34?,46?/m1/s1. The van der Waals surface area contributed by atoms with Crippen LogP contribution in [0.3, 0.4) is 0 Å². The smallest absolute Gasteiger partial charge is 0.323 e. The molecule has 242 valence electrons. The van der Waals surface area contributed by atoms with Gasteiger partial charge in [0.1, 0.15) is 28.0 Å². The Kier molecular flexibility index (Phi) is 10.2. The fraction of sp³-hybridized carbons (Fsp3) is 0.412. The highest BCUT2D eigenvalue weighted by Crippen LogP contribution is 2.43. The van der Waals surface area contributed by atoms with E-state index < -0.39 is 45.4 Å². The Labute approximate surface area is 277 Å². The van der Waals surface area contributed by atoms with Gasteiger partial charge in [0.2, 0.25) is 5.91 Å². The quantitative estimate of drug-likeness (QED) is 0.203. The summed E-state index contributed by atoms with van der Waals surface area (Å²) >= 11 is 4.35. The number of amides is 3. The first-order chi connectivity index (χ1) is 21.9. The minimum Gasteiger partial charge on any atom is -0.598 e. The number of halogens is 2. The summed E-state index contributed by atoms with van der Waals surface area (Å²) in [5, 5.41) is 15.6. The van der Waals surface area contributed by atoms with Crippen molar-refractivity contribution < 1.29 is 18.5 Å². The first kappa shape index (κ1) is 33.7. The Morgan fingerprint density at radius 1 is 1.11 bits per heavy atom. The van der Waals surface area contributed by atoms with Crippen LogP contribution in [0.4, 0.5) is 20.7 Å². The number of nitrogens with zero attached hydrogens (tertiary/aromatic N) is 3. The Balaban J connectivity index is 1.47. The Morgan fingerprint density at radius 2 is 1.87 bits per heavy atom. The highest BCUT2D eigenvalue weighted by atomic mass is 35.5. The summed E-state index contributed by atoms with van der Waals surface area (Å²) in [6.07, 6.45) is 6.02. The average molecular weight is 665 g/mol. The molecule has 9 nitrogen and oxygen atoms in total. The van der Waals surface area contributed by atoms with E-state index in [0.717, 1.165) is 24.8 Å². The normalized spacial score (nSPS) is 18.4. The average Bonchev–Trinajstić information content (AvgIpc) is 3.73. The summed E-state index contributed by atoms with van der Waals surface area (Å²) in [4.78, 5) is 32.2. The summed E-state index contributed by atoms with van der Waals surface area (Å²) in [7, 11) is 0. The van der Waals surface area contributed by atoms with Crippen LogP contribution in [-0.4, -0.2) is 43.7 Å². The predicted octanol–water partition coefficient (Wildman–Crippen LogP) is 6.87. The second-order valence-electron chi connectivity index (χ2n) is 12.9. The molecule has 0 spiro atoms. The Bertz CT molecular complexity index is 1620. The Hall–Kier alpha value is -3.69. The van der Waals surface area contributed by atoms with Crippen LogP contribution in [0.1, 0.15) is 76.0 Å². The van der Waals surface area contributed by atoms with Crippen molar-refractivity contribution in [2.75, 3.05) is 17.2 Å². The molecule has 2 heterocycles. The molecule has 12 heteroatoms. The van der Waals surface area contributed by atoms with Crippen molar-refractivity contribution in [3.8, 4) is 6.07 Å². The molecular weight excluding hydrogens is 627 g/mol. The number of anilines is 2. The molecule has 3 aromatic rings. The molecular formula is C34H38ClFN6O3S. The molecule has 0 bridgehead atoms. The van der Waals surface area contributed by atoms with Crippen molar-refractivity contribution in [1.29, 1.82) is 5.26 Å². The monoisotopic (exact) mass is 664 g/mol. The predicted molar refractivity (Wildman–Crippen MR) is 178 cm³/mol. The van der Waals surface area contributed by atoms with E-state index in [9.17, 15) is 19.4 Å². The van der Waals surface area contributed by atoms with Gasteiger partial charge in [0.15, 0.2) is 0 Å². The summed E-state index contributed by atoms with van der Waals surface area (Å²) in [5.74, 6) is -0.336. The number of nitrogens with one attached hydrogen (secondary N) is 3. The molecule has 2 fully saturated rings. The van der Waals surface area contributed by atoms with Gasteiger partial charge in [0, 0.05) is 24.1 Å². The van der Waals surface area contributed by atoms with Gasteiger partial charge in [-0.15, -0.1) is 4.72 Å². The van der Waals surface area contributed by atoms with Crippen LogP contribution in [-0.2, 0) is 21.7 Å². The first-order valence-electron chi connectivity index (χ1n) is 15.4. The van der Waals surface area contributed by atoms with E-state index in [4.69, 9.17) is 11.6 Å². The molecule has 46 heavy (non-hydrogen) atoms. The maximum Gasteiger partial charge on any atom is 0.323 e. The molecule has 1 aliphatic heterocycles. The van der Waals surface area contributed by atoms with E-state index in [1.54, 1.807) is 42.5 Å². The van der Waals surface area contributed by atoms with Gasteiger partial charge in [-0.1, -0.05) is 42.6 Å². The maximum atomic E-state index is 15.4. The zero-order valence-corrected chi connectivity index (χ0v) is 27.7. The lowest BCUT2D eigenvalue weighted by Crippen LogP contribution is -2.52. The van der Waals surface area contributed by atoms with E-state index >= 15 is 4.39 Å². The van der Waals surface area contributed by atoms with E-state index in [0.29, 0.717) is 53.7 Å². The van der Waals surface area contributed by atoms with Gasteiger partial charge < -0.3 is 14.8 Å². The summed E-state index contributed by atoms with van der Waals surface area (Å²) in [6, 6.07) is 15.7. The van der Waals surface area contributed by atoms with Crippen molar-refractivity contribution in [3.05, 3.63) is 88.3 Å². The van der Waals surface area contributed by atoms with Crippen LogP contribution in [0.5, 0.6) is 0 Å². The molecule has 3 N–H and O–H groups in total. The van der Waals surface area contributed by atoms with Crippen molar-refractivity contribution >= 4 is 46.4 Å². The molecule has 2 aromatic carbocycles. The number of carbonyl (C=O) groups is 2. The minimum absolute atomic E-state index is 0.0512. The highest BCUT2D eigenvalue weighted by Gasteiger charge is 2.44. The molecule has 2 unspecified atom stereocenters. The lowest BCUT2D eigenvalue weighted by atomic mass is 9.79. The van der Waals surface area contributed by atoms with Crippen molar-refractivity contribution in [2.24, 2.45) is 5.92 Å². The van der Waals surface area contributed by atoms with Crippen LogP contribution >= 0.6 is 11.6 Å². The second kappa shape index (κ2) is 14.0. The van der Waals surface area contributed by atoms with Crippen molar-refractivity contribution in [3.63, 3.8) is 0 Å². The van der Waals surface area contributed by atoms with Crippen LogP contribution in [0, 0.1) is 23.1 Å². The SMILES string of the molecule is CC(C)(C)[S+]([O-])NC(CCC1CC1)(c1cccc(C#N)c1)c1ccc(F)c(NC(=O)[C@H]2CCCN2C(=O)Nc2ccc(Cl)cn2)c1. The number of aromatic nitrogens is 1. The number of likely N-dealkylation sites (tertiary alicyclic amines) is 1. The van der Waals surface area contributed by atoms with Crippen LogP contribution in [0.25, 0.3) is 0 Å².